The first-order valence-electron chi connectivity index (χ1n) is 4.25. The molecule has 8 heteroatoms. The van der Waals surface area contributed by atoms with Crippen molar-refractivity contribution < 1.29 is 22.4 Å². The van der Waals surface area contributed by atoms with E-state index in [9.17, 15) is 22.4 Å². The molecule has 90 valence electrons. The smallest absolute Gasteiger partial charge is 0.336 e. The number of hydrogen-bond donors (Lipinski definition) is 1. The van der Waals surface area contributed by atoms with Gasteiger partial charge in [0.2, 0.25) is 0 Å². The lowest BCUT2D eigenvalue weighted by Gasteiger charge is -2.22. The van der Waals surface area contributed by atoms with Gasteiger partial charge in [-0.15, -0.1) is 0 Å². The normalized spacial score (nSPS) is 11.9. The summed E-state index contributed by atoms with van der Waals surface area (Å²) in [6, 6.07) is 0. The van der Waals surface area contributed by atoms with Crippen molar-refractivity contribution in [2.24, 2.45) is 0 Å². The van der Waals surface area contributed by atoms with E-state index in [0.717, 1.165) is 7.05 Å². The van der Waals surface area contributed by atoms with Crippen LogP contribution in [0.15, 0.2) is 12.4 Å². The molecule has 16 heavy (non-hydrogen) atoms. The van der Waals surface area contributed by atoms with E-state index in [0.29, 0.717) is 10.5 Å². The van der Waals surface area contributed by atoms with Crippen molar-refractivity contribution >= 4 is 5.91 Å². The zero-order valence-electron chi connectivity index (χ0n) is 8.25. The third-order valence-electron chi connectivity index (χ3n) is 1.88. The summed E-state index contributed by atoms with van der Waals surface area (Å²) < 4.78 is 49.1. The summed E-state index contributed by atoms with van der Waals surface area (Å²) in [5, 5.41) is 5.95. The van der Waals surface area contributed by atoms with Gasteiger partial charge < -0.3 is 4.90 Å². The van der Waals surface area contributed by atoms with Crippen LogP contribution in [0.3, 0.4) is 0 Å². The van der Waals surface area contributed by atoms with Crippen molar-refractivity contribution in [2.75, 3.05) is 7.05 Å². The zero-order valence-corrected chi connectivity index (χ0v) is 8.25. The molecule has 1 N–H and O–H groups in total. The average Bonchev–Trinajstić information content (AvgIpc) is 2.68. The second-order valence-corrected chi connectivity index (χ2v) is 3.19. The maximum absolute atomic E-state index is 12.7. The molecule has 0 aliphatic rings. The highest BCUT2D eigenvalue weighted by atomic mass is 19.3. The highest BCUT2D eigenvalue weighted by Crippen LogP contribution is 2.25. The third kappa shape index (κ3) is 2.50. The number of carbonyl (C=O) groups excluding carboxylic acids is 1. The Hall–Kier alpha value is -1.60. The summed E-state index contributed by atoms with van der Waals surface area (Å²) in [6.07, 6.45) is -1.32. The number of nitrogens with zero attached hydrogens (tertiary/aromatic N) is 2. The number of alkyl halides is 4. The van der Waals surface area contributed by atoms with Crippen LogP contribution in [0.25, 0.3) is 0 Å². The van der Waals surface area contributed by atoms with Crippen LogP contribution in [0.2, 0.25) is 0 Å². The maximum Gasteiger partial charge on any atom is 0.383 e. The fourth-order valence-corrected chi connectivity index (χ4v) is 1.06. The van der Waals surface area contributed by atoms with E-state index in [1.807, 2.05) is 0 Å². The second-order valence-electron chi connectivity index (χ2n) is 3.19. The largest absolute Gasteiger partial charge is 0.383 e. The molecule has 1 heterocycles. The van der Waals surface area contributed by atoms with E-state index in [-0.39, 0.29) is 6.54 Å². The van der Waals surface area contributed by atoms with Crippen LogP contribution in [0.4, 0.5) is 17.6 Å². The highest BCUT2D eigenvalue weighted by Gasteiger charge is 2.50. The third-order valence-corrected chi connectivity index (χ3v) is 1.88. The van der Waals surface area contributed by atoms with E-state index >= 15 is 0 Å². The van der Waals surface area contributed by atoms with Gasteiger partial charge in [0.15, 0.2) is 0 Å². The van der Waals surface area contributed by atoms with Gasteiger partial charge in [0.05, 0.1) is 6.20 Å². The highest BCUT2D eigenvalue weighted by molar-refractivity contribution is 5.83. The van der Waals surface area contributed by atoms with Crippen LogP contribution in [0.5, 0.6) is 0 Å². The molecule has 0 atom stereocenters. The first-order chi connectivity index (χ1) is 7.35. The van der Waals surface area contributed by atoms with Gasteiger partial charge in [0.25, 0.3) is 5.91 Å². The molecule has 0 radical (unpaired) electrons. The molecule has 0 aliphatic carbocycles. The van der Waals surface area contributed by atoms with Crippen LogP contribution >= 0.6 is 0 Å². The van der Waals surface area contributed by atoms with Crippen LogP contribution in [-0.2, 0) is 11.3 Å². The van der Waals surface area contributed by atoms with Gasteiger partial charge in [0, 0.05) is 25.4 Å². The fourth-order valence-electron chi connectivity index (χ4n) is 1.06. The molecule has 0 fully saturated rings. The lowest BCUT2D eigenvalue weighted by Crippen LogP contribution is -2.45. The number of H-pyrrole nitrogens is 1. The first kappa shape index (κ1) is 12.5. The van der Waals surface area contributed by atoms with E-state index in [1.165, 1.54) is 12.4 Å². The number of rotatable bonds is 4. The van der Waals surface area contributed by atoms with Gasteiger partial charge in [-0.3, -0.25) is 9.89 Å². The monoisotopic (exact) mass is 239 g/mol. The summed E-state index contributed by atoms with van der Waals surface area (Å²) in [6.45, 7) is -0.211. The van der Waals surface area contributed by atoms with Gasteiger partial charge >= 0.3 is 12.3 Å². The van der Waals surface area contributed by atoms with Crippen LogP contribution in [0.1, 0.15) is 5.56 Å². The van der Waals surface area contributed by atoms with Crippen molar-refractivity contribution in [1.29, 1.82) is 0 Å². The predicted octanol–water partition coefficient (Wildman–Crippen LogP) is 1.27. The number of amides is 1. The molecule has 1 aromatic rings. The zero-order chi connectivity index (χ0) is 12.3. The topological polar surface area (TPSA) is 49.0 Å². The summed E-state index contributed by atoms with van der Waals surface area (Å²) in [7, 11) is 1.02. The average molecular weight is 239 g/mol. The van der Waals surface area contributed by atoms with Crippen LogP contribution in [0, 0.1) is 0 Å². The van der Waals surface area contributed by atoms with Gasteiger partial charge in [-0.25, -0.2) is 8.78 Å². The molecule has 0 aromatic carbocycles. The number of aromatic nitrogens is 2. The Bertz CT molecular complexity index is 352. The Morgan fingerprint density at radius 3 is 2.69 bits per heavy atom. The summed E-state index contributed by atoms with van der Waals surface area (Å²) in [5.74, 6) is -6.57. The molecular weight excluding hydrogens is 230 g/mol. The number of halogens is 4. The Kier molecular flexibility index (Phi) is 3.51. The minimum atomic E-state index is -4.65. The minimum Gasteiger partial charge on any atom is -0.336 e. The second kappa shape index (κ2) is 4.50. The molecule has 0 saturated heterocycles. The number of nitrogens with one attached hydrogen (secondary N) is 1. The van der Waals surface area contributed by atoms with E-state index in [2.05, 4.69) is 10.2 Å². The van der Waals surface area contributed by atoms with Gasteiger partial charge in [-0.1, -0.05) is 0 Å². The molecule has 4 nitrogen and oxygen atoms in total. The lowest BCUT2D eigenvalue weighted by molar-refractivity contribution is -0.179. The molecular formula is C8H9F4N3O. The Morgan fingerprint density at radius 1 is 1.62 bits per heavy atom. The number of aromatic amines is 1. The quantitative estimate of drug-likeness (QED) is 0.804. The predicted molar refractivity (Wildman–Crippen MR) is 46.0 cm³/mol. The Morgan fingerprint density at radius 2 is 2.25 bits per heavy atom. The summed E-state index contributed by atoms with van der Waals surface area (Å²) >= 11 is 0. The van der Waals surface area contributed by atoms with Gasteiger partial charge in [-0.2, -0.15) is 13.9 Å². The standard InChI is InChI=1S/C8H9F4N3O/c1-15(4-5-2-13-14-3-5)7(16)8(11,12)6(9)10/h2-3,6H,4H2,1H3,(H,13,14). The van der Waals surface area contributed by atoms with Crippen molar-refractivity contribution in [3.05, 3.63) is 18.0 Å². The molecule has 1 aromatic heterocycles. The molecule has 1 rings (SSSR count). The molecule has 0 spiro atoms. The maximum atomic E-state index is 12.7. The Labute approximate surface area is 88.2 Å². The first-order valence-corrected chi connectivity index (χ1v) is 4.25. The van der Waals surface area contributed by atoms with E-state index in [4.69, 9.17) is 0 Å². The molecule has 1 amide bonds. The molecule has 0 aliphatic heterocycles. The number of carbonyl (C=O) groups is 1. The van der Waals surface area contributed by atoms with Crippen molar-refractivity contribution in [2.45, 2.75) is 18.9 Å². The van der Waals surface area contributed by atoms with E-state index < -0.39 is 18.3 Å². The minimum absolute atomic E-state index is 0.211. The van der Waals surface area contributed by atoms with Crippen LogP contribution in [-0.4, -0.2) is 40.4 Å². The van der Waals surface area contributed by atoms with Crippen molar-refractivity contribution in [3.63, 3.8) is 0 Å². The SMILES string of the molecule is CN(Cc1cn[nH]c1)C(=O)C(F)(F)C(F)F. The molecule has 0 unspecified atom stereocenters. The number of hydrogen-bond acceptors (Lipinski definition) is 2. The fraction of sp³-hybridized carbons (Fsp3) is 0.500. The lowest BCUT2D eigenvalue weighted by atomic mass is 10.2. The van der Waals surface area contributed by atoms with Gasteiger partial charge in [-0.05, 0) is 0 Å². The van der Waals surface area contributed by atoms with E-state index in [1.54, 1.807) is 0 Å². The molecule has 0 saturated carbocycles. The summed E-state index contributed by atoms with van der Waals surface area (Å²) in [4.78, 5) is 11.5. The van der Waals surface area contributed by atoms with Gasteiger partial charge in [0.1, 0.15) is 0 Å². The Balaban J connectivity index is 2.68. The molecule has 0 bridgehead atoms. The summed E-state index contributed by atoms with van der Waals surface area (Å²) in [5.41, 5.74) is 0.445. The van der Waals surface area contributed by atoms with Crippen molar-refractivity contribution in [1.82, 2.24) is 15.1 Å². The van der Waals surface area contributed by atoms with Crippen molar-refractivity contribution in [3.8, 4) is 0 Å². The van der Waals surface area contributed by atoms with Crippen LogP contribution < -0.4 is 0 Å².